The van der Waals surface area contributed by atoms with Gasteiger partial charge in [0.25, 0.3) is 0 Å². The Morgan fingerprint density at radius 2 is 1.36 bits per heavy atom. The first kappa shape index (κ1) is 11.1. The van der Waals surface area contributed by atoms with Gasteiger partial charge in [-0.25, -0.2) is 0 Å². The lowest BCUT2D eigenvalue weighted by Crippen LogP contribution is -2.05. The molecular formula is C10H23B. The van der Waals surface area contributed by atoms with Crippen molar-refractivity contribution >= 4 is 6.71 Å². The van der Waals surface area contributed by atoms with Gasteiger partial charge in [-0.15, -0.1) is 0 Å². The van der Waals surface area contributed by atoms with E-state index in [1.807, 2.05) is 0 Å². The molecule has 0 fully saturated rings. The van der Waals surface area contributed by atoms with E-state index < -0.39 is 0 Å². The van der Waals surface area contributed by atoms with Gasteiger partial charge in [0.1, 0.15) is 6.71 Å². The fourth-order valence-corrected chi connectivity index (χ4v) is 1.44. The quantitative estimate of drug-likeness (QED) is 0.382. The predicted octanol–water partition coefficient (Wildman–Crippen LogP) is 4.10. The van der Waals surface area contributed by atoms with Crippen LogP contribution in [0.4, 0.5) is 0 Å². The second kappa shape index (κ2) is 8.16. The van der Waals surface area contributed by atoms with Crippen LogP contribution in [-0.2, 0) is 0 Å². The summed E-state index contributed by atoms with van der Waals surface area (Å²) in [7, 11) is 0. The molecular weight excluding hydrogens is 131 g/mol. The van der Waals surface area contributed by atoms with Gasteiger partial charge >= 0.3 is 0 Å². The highest BCUT2D eigenvalue weighted by atomic mass is 13.9. The summed E-state index contributed by atoms with van der Waals surface area (Å²) in [5.41, 5.74) is 0. The summed E-state index contributed by atoms with van der Waals surface area (Å²) >= 11 is 0. The average molecular weight is 154 g/mol. The molecule has 0 saturated heterocycles. The van der Waals surface area contributed by atoms with Crippen LogP contribution in [-0.4, -0.2) is 6.71 Å². The smallest absolute Gasteiger partial charge is 0.0861 e. The maximum Gasteiger partial charge on any atom is 0.136 e. The molecule has 1 heteroatoms. The molecule has 0 radical (unpaired) electrons. The van der Waals surface area contributed by atoms with Crippen molar-refractivity contribution in [3.8, 4) is 0 Å². The lowest BCUT2D eigenvalue weighted by atomic mass is 9.46. The molecule has 66 valence electrons. The molecule has 0 saturated carbocycles. The maximum absolute atomic E-state index is 2.39. The summed E-state index contributed by atoms with van der Waals surface area (Å²) in [4.78, 5) is 0. The van der Waals surface area contributed by atoms with E-state index in [0.717, 1.165) is 6.71 Å². The molecule has 0 aliphatic heterocycles. The molecule has 0 bridgehead atoms. The minimum Gasteiger partial charge on any atom is -0.0861 e. The molecule has 0 spiro atoms. The molecule has 0 N–H and O–H groups in total. The first-order valence-electron chi connectivity index (χ1n) is 5.31. The van der Waals surface area contributed by atoms with Crippen LogP contribution in [0.15, 0.2) is 0 Å². The molecule has 0 aliphatic rings. The van der Waals surface area contributed by atoms with Crippen molar-refractivity contribution in [3.63, 3.8) is 0 Å². The van der Waals surface area contributed by atoms with Crippen molar-refractivity contribution in [1.82, 2.24) is 0 Å². The molecule has 0 aliphatic carbocycles. The first-order chi connectivity index (χ1) is 5.31. The largest absolute Gasteiger partial charge is 0.136 e. The highest BCUT2D eigenvalue weighted by Crippen LogP contribution is 2.10. The SMILES string of the molecule is CCCCCB(C)CCCC. The predicted molar refractivity (Wildman–Crippen MR) is 55.7 cm³/mol. The van der Waals surface area contributed by atoms with Crippen LogP contribution >= 0.6 is 0 Å². The Bertz CT molecular complexity index is 71.3. The molecule has 0 heterocycles. The fraction of sp³-hybridized carbons (Fsp3) is 1.00. The molecule has 0 amide bonds. The van der Waals surface area contributed by atoms with Crippen molar-refractivity contribution in [2.75, 3.05) is 0 Å². The van der Waals surface area contributed by atoms with Gasteiger partial charge in [-0.05, 0) is 0 Å². The minimum absolute atomic E-state index is 0.974. The first-order valence-corrected chi connectivity index (χ1v) is 5.31. The van der Waals surface area contributed by atoms with E-state index in [4.69, 9.17) is 0 Å². The Balaban J connectivity index is 3.02. The zero-order valence-electron chi connectivity index (χ0n) is 8.53. The van der Waals surface area contributed by atoms with Gasteiger partial charge in [0, 0.05) is 0 Å². The van der Waals surface area contributed by atoms with E-state index in [9.17, 15) is 0 Å². The third kappa shape index (κ3) is 7.97. The van der Waals surface area contributed by atoms with Crippen LogP contribution in [0.2, 0.25) is 19.5 Å². The van der Waals surface area contributed by atoms with Gasteiger partial charge in [-0.1, -0.05) is 65.4 Å². The highest BCUT2D eigenvalue weighted by Gasteiger charge is 2.03. The second-order valence-electron chi connectivity index (χ2n) is 3.74. The van der Waals surface area contributed by atoms with E-state index in [1.165, 1.54) is 44.7 Å². The fourth-order valence-electron chi connectivity index (χ4n) is 1.44. The topological polar surface area (TPSA) is 0 Å². The molecule has 0 aromatic carbocycles. The molecule has 0 atom stereocenters. The third-order valence-electron chi connectivity index (χ3n) is 2.35. The molecule has 0 rings (SSSR count). The number of hydrogen-bond donors (Lipinski definition) is 0. The molecule has 0 unspecified atom stereocenters. The summed E-state index contributed by atoms with van der Waals surface area (Å²) in [5, 5.41) is 0. The lowest BCUT2D eigenvalue weighted by Gasteiger charge is -2.05. The van der Waals surface area contributed by atoms with Crippen molar-refractivity contribution in [2.24, 2.45) is 0 Å². The van der Waals surface area contributed by atoms with Gasteiger partial charge < -0.3 is 0 Å². The summed E-state index contributed by atoms with van der Waals surface area (Å²) in [5.74, 6) is 0. The Labute approximate surface area is 72.8 Å². The third-order valence-corrected chi connectivity index (χ3v) is 2.35. The minimum atomic E-state index is 0.974. The van der Waals surface area contributed by atoms with Crippen LogP contribution in [0.5, 0.6) is 0 Å². The van der Waals surface area contributed by atoms with E-state index in [2.05, 4.69) is 20.7 Å². The van der Waals surface area contributed by atoms with Crippen molar-refractivity contribution in [3.05, 3.63) is 0 Å². The number of unbranched alkanes of at least 4 members (excludes halogenated alkanes) is 3. The Kier molecular flexibility index (Phi) is 8.21. The van der Waals surface area contributed by atoms with Crippen LogP contribution in [0, 0.1) is 0 Å². The molecule has 11 heavy (non-hydrogen) atoms. The van der Waals surface area contributed by atoms with E-state index in [0.29, 0.717) is 0 Å². The standard InChI is InChI=1S/C10H23B/c1-4-6-8-10-11(3)9-7-5-2/h4-10H2,1-3H3. The normalized spacial score (nSPS) is 10.1. The average Bonchev–Trinajstić information content (AvgIpc) is 2.01. The van der Waals surface area contributed by atoms with Crippen LogP contribution in [0.25, 0.3) is 0 Å². The Morgan fingerprint density at radius 3 is 1.91 bits per heavy atom. The van der Waals surface area contributed by atoms with Gasteiger partial charge in [0.05, 0.1) is 0 Å². The van der Waals surface area contributed by atoms with Crippen LogP contribution < -0.4 is 0 Å². The van der Waals surface area contributed by atoms with Gasteiger partial charge in [0.15, 0.2) is 0 Å². The highest BCUT2D eigenvalue weighted by molar-refractivity contribution is 6.57. The monoisotopic (exact) mass is 154 g/mol. The lowest BCUT2D eigenvalue weighted by molar-refractivity contribution is 0.761. The summed E-state index contributed by atoms with van der Waals surface area (Å²) in [6.45, 7) is 7.92. The van der Waals surface area contributed by atoms with Crippen molar-refractivity contribution in [2.45, 2.75) is 65.4 Å². The maximum atomic E-state index is 2.39. The van der Waals surface area contributed by atoms with E-state index in [-0.39, 0.29) is 0 Å². The Morgan fingerprint density at radius 1 is 0.818 bits per heavy atom. The summed E-state index contributed by atoms with van der Waals surface area (Å²) in [6, 6.07) is 0. The van der Waals surface area contributed by atoms with Gasteiger partial charge in [0.2, 0.25) is 0 Å². The van der Waals surface area contributed by atoms with E-state index >= 15 is 0 Å². The molecule has 0 aromatic rings. The number of rotatable bonds is 7. The molecule has 0 aromatic heterocycles. The summed E-state index contributed by atoms with van der Waals surface area (Å²) < 4.78 is 0. The van der Waals surface area contributed by atoms with E-state index in [1.54, 1.807) is 0 Å². The van der Waals surface area contributed by atoms with Gasteiger partial charge in [-0.3, -0.25) is 0 Å². The zero-order chi connectivity index (χ0) is 8.53. The molecule has 0 nitrogen and oxygen atoms in total. The van der Waals surface area contributed by atoms with Crippen molar-refractivity contribution in [1.29, 1.82) is 0 Å². The summed E-state index contributed by atoms with van der Waals surface area (Å²) in [6.07, 6.45) is 9.91. The van der Waals surface area contributed by atoms with Crippen LogP contribution in [0.3, 0.4) is 0 Å². The van der Waals surface area contributed by atoms with Gasteiger partial charge in [-0.2, -0.15) is 0 Å². The number of hydrogen-bond acceptors (Lipinski definition) is 0. The van der Waals surface area contributed by atoms with Crippen LogP contribution in [0.1, 0.15) is 46.0 Å². The second-order valence-corrected chi connectivity index (χ2v) is 3.74. The van der Waals surface area contributed by atoms with Crippen molar-refractivity contribution < 1.29 is 0 Å². The Hall–Kier alpha value is 0.0649. The zero-order valence-corrected chi connectivity index (χ0v) is 8.53.